The molecule has 0 bridgehead atoms. The summed E-state index contributed by atoms with van der Waals surface area (Å²) < 4.78 is 0. The van der Waals surface area contributed by atoms with Gasteiger partial charge in [-0.25, -0.2) is 0 Å². The second-order valence-electron chi connectivity index (χ2n) is 4.54. The number of nitrogens with one attached hydrogen (secondary N) is 2. The van der Waals surface area contributed by atoms with E-state index in [-0.39, 0.29) is 16.7 Å². The van der Waals surface area contributed by atoms with Gasteiger partial charge in [0.25, 0.3) is 5.69 Å². The Balaban J connectivity index is 2.29. The van der Waals surface area contributed by atoms with E-state index >= 15 is 0 Å². The third-order valence-corrected chi connectivity index (χ3v) is 3.23. The topological polar surface area (TPSA) is 67.2 Å². The number of nitro groups is 1. The number of aryl methyl sites for hydroxylation is 2. The number of anilines is 1. The van der Waals surface area contributed by atoms with Gasteiger partial charge in [0.2, 0.25) is 0 Å². The SMILES string of the molecule is Cc1cc(NC2CCNC2)c([N+](=O)[O-])cc1C. The van der Waals surface area contributed by atoms with Crippen LogP contribution in [-0.4, -0.2) is 24.1 Å². The number of benzene rings is 1. The molecular weight excluding hydrogens is 218 g/mol. The Bertz CT molecular complexity index is 440. The van der Waals surface area contributed by atoms with Gasteiger partial charge >= 0.3 is 0 Å². The third-order valence-electron chi connectivity index (χ3n) is 3.23. The minimum atomic E-state index is -0.322. The normalized spacial score (nSPS) is 19.3. The summed E-state index contributed by atoms with van der Waals surface area (Å²) in [5.74, 6) is 0. The standard InChI is InChI=1S/C12H17N3O2/c1-8-5-11(14-10-3-4-13-7-10)12(15(16)17)6-9(8)2/h5-6,10,13-14H,3-4,7H2,1-2H3. The first-order valence-corrected chi connectivity index (χ1v) is 5.81. The van der Waals surface area contributed by atoms with Crippen LogP contribution in [0.5, 0.6) is 0 Å². The van der Waals surface area contributed by atoms with Gasteiger partial charge in [0.05, 0.1) is 4.92 Å². The van der Waals surface area contributed by atoms with Crippen LogP contribution in [-0.2, 0) is 0 Å². The zero-order valence-electron chi connectivity index (χ0n) is 10.1. The van der Waals surface area contributed by atoms with Gasteiger partial charge in [-0.05, 0) is 44.0 Å². The number of hydrogen-bond acceptors (Lipinski definition) is 4. The predicted molar refractivity (Wildman–Crippen MR) is 67.5 cm³/mol. The predicted octanol–water partition coefficient (Wildman–Crippen LogP) is 1.99. The van der Waals surface area contributed by atoms with Crippen LogP contribution in [0.15, 0.2) is 12.1 Å². The Kier molecular flexibility index (Phi) is 3.28. The summed E-state index contributed by atoms with van der Waals surface area (Å²) in [6, 6.07) is 3.79. The average Bonchev–Trinajstić information content (AvgIpc) is 2.75. The first-order chi connectivity index (χ1) is 8.08. The molecule has 0 amide bonds. The van der Waals surface area contributed by atoms with E-state index in [9.17, 15) is 10.1 Å². The van der Waals surface area contributed by atoms with E-state index in [0.29, 0.717) is 5.69 Å². The van der Waals surface area contributed by atoms with Crippen molar-refractivity contribution >= 4 is 11.4 Å². The maximum absolute atomic E-state index is 11.0. The van der Waals surface area contributed by atoms with E-state index in [0.717, 1.165) is 30.6 Å². The monoisotopic (exact) mass is 235 g/mol. The molecule has 0 aliphatic carbocycles. The van der Waals surface area contributed by atoms with Gasteiger partial charge < -0.3 is 10.6 Å². The van der Waals surface area contributed by atoms with Crippen LogP contribution < -0.4 is 10.6 Å². The number of nitro benzene ring substituents is 1. The van der Waals surface area contributed by atoms with E-state index in [2.05, 4.69) is 10.6 Å². The van der Waals surface area contributed by atoms with E-state index < -0.39 is 0 Å². The van der Waals surface area contributed by atoms with E-state index in [4.69, 9.17) is 0 Å². The summed E-state index contributed by atoms with van der Waals surface area (Å²) in [6.45, 7) is 5.70. The Morgan fingerprint density at radius 2 is 2.12 bits per heavy atom. The molecule has 1 unspecified atom stereocenters. The number of hydrogen-bond donors (Lipinski definition) is 2. The summed E-state index contributed by atoms with van der Waals surface area (Å²) in [5.41, 5.74) is 2.82. The van der Waals surface area contributed by atoms with Gasteiger partial charge in [-0.15, -0.1) is 0 Å². The molecule has 1 saturated heterocycles. The molecule has 1 heterocycles. The van der Waals surface area contributed by atoms with Crippen molar-refractivity contribution in [2.75, 3.05) is 18.4 Å². The highest BCUT2D eigenvalue weighted by atomic mass is 16.6. The van der Waals surface area contributed by atoms with Crippen LogP contribution in [0.4, 0.5) is 11.4 Å². The second kappa shape index (κ2) is 4.71. The lowest BCUT2D eigenvalue weighted by atomic mass is 10.1. The fourth-order valence-electron chi connectivity index (χ4n) is 2.07. The molecule has 0 radical (unpaired) electrons. The van der Waals surface area contributed by atoms with E-state index in [1.165, 1.54) is 0 Å². The van der Waals surface area contributed by atoms with Crippen molar-refractivity contribution < 1.29 is 4.92 Å². The van der Waals surface area contributed by atoms with Crippen LogP contribution in [0.3, 0.4) is 0 Å². The van der Waals surface area contributed by atoms with Gasteiger partial charge in [-0.1, -0.05) is 0 Å². The van der Waals surface area contributed by atoms with Crippen molar-refractivity contribution in [3.63, 3.8) is 0 Å². The molecular formula is C12H17N3O2. The lowest BCUT2D eigenvalue weighted by molar-refractivity contribution is -0.384. The average molecular weight is 235 g/mol. The first-order valence-electron chi connectivity index (χ1n) is 5.81. The van der Waals surface area contributed by atoms with Crippen LogP contribution in [0.2, 0.25) is 0 Å². The summed E-state index contributed by atoms with van der Waals surface area (Å²) in [5, 5.41) is 17.5. The Morgan fingerprint density at radius 1 is 1.41 bits per heavy atom. The summed E-state index contributed by atoms with van der Waals surface area (Å²) >= 11 is 0. The summed E-state index contributed by atoms with van der Waals surface area (Å²) in [4.78, 5) is 10.7. The molecule has 1 atom stereocenters. The van der Waals surface area contributed by atoms with Crippen molar-refractivity contribution in [1.82, 2.24) is 5.32 Å². The lowest BCUT2D eigenvalue weighted by Gasteiger charge is -2.14. The zero-order chi connectivity index (χ0) is 12.4. The molecule has 1 aromatic rings. The fraction of sp³-hybridized carbons (Fsp3) is 0.500. The second-order valence-corrected chi connectivity index (χ2v) is 4.54. The van der Waals surface area contributed by atoms with Gasteiger partial charge in [-0.2, -0.15) is 0 Å². The van der Waals surface area contributed by atoms with Crippen molar-refractivity contribution in [2.24, 2.45) is 0 Å². The molecule has 92 valence electrons. The Labute approximate surface area is 100 Å². The van der Waals surface area contributed by atoms with Crippen molar-refractivity contribution in [3.8, 4) is 0 Å². The van der Waals surface area contributed by atoms with Gasteiger partial charge in [0.1, 0.15) is 5.69 Å². The van der Waals surface area contributed by atoms with Crippen molar-refractivity contribution in [1.29, 1.82) is 0 Å². The minimum absolute atomic E-state index is 0.167. The summed E-state index contributed by atoms with van der Waals surface area (Å²) in [7, 11) is 0. The largest absolute Gasteiger partial charge is 0.375 e. The molecule has 0 spiro atoms. The number of nitrogens with zero attached hydrogens (tertiary/aromatic N) is 1. The Morgan fingerprint density at radius 3 is 2.71 bits per heavy atom. The van der Waals surface area contributed by atoms with Gasteiger partial charge in [0.15, 0.2) is 0 Å². The molecule has 1 aromatic carbocycles. The summed E-state index contributed by atoms with van der Waals surface area (Å²) in [6.07, 6.45) is 1.00. The van der Waals surface area contributed by atoms with Crippen molar-refractivity contribution in [2.45, 2.75) is 26.3 Å². The van der Waals surface area contributed by atoms with Crippen LogP contribution >= 0.6 is 0 Å². The molecule has 1 aliphatic heterocycles. The molecule has 5 nitrogen and oxygen atoms in total. The molecule has 0 aromatic heterocycles. The highest BCUT2D eigenvalue weighted by molar-refractivity contribution is 5.65. The molecule has 0 saturated carbocycles. The van der Waals surface area contributed by atoms with E-state index in [1.807, 2.05) is 19.9 Å². The van der Waals surface area contributed by atoms with E-state index in [1.54, 1.807) is 6.07 Å². The molecule has 2 N–H and O–H groups in total. The quantitative estimate of drug-likeness (QED) is 0.621. The first kappa shape index (κ1) is 11.9. The van der Waals surface area contributed by atoms with Crippen molar-refractivity contribution in [3.05, 3.63) is 33.4 Å². The molecule has 2 rings (SSSR count). The molecule has 17 heavy (non-hydrogen) atoms. The highest BCUT2D eigenvalue weighted by Crippen LogP contribution is 2.29. The van der Waals surface area contributed by atoms with Gasteiger partial charge in [0, 0.05) is 18.7 Å². The molecule has 1 fully saturated rings. The zero-order valence-corrected chi connectivity index (χ0v) is 10.1. The molecule has 1 aliphatic rings. The van der Waals surface area contributed by atoms with Crippen LogP contribution in [0.1, 0.15) is 17.5 Å². The maximum atomic E-state index is 11.0. The third kappa shape index (κ3) is 2.55. The molecule has 5 heteroatoms. The van der Waals surface area contributed by atoms with Crippen LogP contribution in [0.25, 0.3) is 0 Å². The maximum Gasteiger partial charge on any atom is 0.292 e. The lowest BCUT2D eigenvalue weighted by Crippen LogP contribution is -2.22. The number of rotatable bonds is 3. The highest BCUT2D eigenvalue weighted by Gasteiger charge is 2.20. The minimum Gasteiger partial charge on any atom is -0.375 e. The smallest absolute Gasteiger partial charge is 0.292 e. The fourth-order valence-corrected chi connectivity index (χ4v) is 2.07. The van der Waals surface area contributed by atoms with Gasteiger partial charge in [-0.3, -0.25) is 10.1 Å². The van der Waals surface area contributed by atoms with Crippen LogP contribution in [0, 0.1) is 24.0 Å². The Hall–Kier alpha value is -1.62.